The Morgan fingerprint density at radius 1 is 1.31 bits per heavy atom. The first-order valence-corrected chi connectivity index (χ1v) is 6.04. The van der Waals surface area contributed by atoms with Gasteiger partial charge in [0, 0.05) is 4.88 Å². The van der Waals surface area contributed by atoms with Crippen LogP contribution in [0.1, 0.15) is 31.1 Å². The van der Waals surface area contributed by atoms with Crippen LogP contribution in [0, 0.1) is 0 Å². The van der Waals surface area contributed by atoms with Gasteiger partial charge in [-0.1, -0.05) is 13.0 Å². The molecular formula is C11H19NS. The van der Waals surface area contributed by atoms with E-state index in [-0.39, 0.29) is 0 Å². The first-order valence-electron chi connectivity index (χ1n) is 5.16. The zero-order valence-electron chi connectivity index (χ0n) is 8.38. The van der Waals surface area contributed by atoms with E-state index >= 15 is 0 Å². The largest absolute Gasteiger partial charge is 0.317 e. The van der Waals surface area contributed by atoms with Gasteiger partial charge in [0.25, 0.3) is 0 Å². The molecule has 1 rings (SSSR count). The third-order valence-corrected chi connectivity index (χ3v) is 2.97. The molecule has 0 aromatic carbocycles. The van der Waals surface area contributed by atoms with Crippen LogP contribution >= 0.6 is 11.3 Å². The van der Waals surface area contributed by atoms with E-state index in [1.54, 1.807) is 0 Å². The molecule has 0 aliphatic rings. The van der Waals surface area contributed by atoms with Crippen LogP contribution in [0.5, 0.6) is 0 Å². The molecule has 1 aromatic heterocycles. The molecule has 0 saturated carbocycles. The summed E-state index contributed by atoms with van der Waals surface area (Å²) in [5.74, 6) is 0. The minimum atomic E-state index is 1.17. The quantitative estimate of drug-likeness (QED) is 0.662. The highest BCUT2D eigenvalue weighted by Crippen LogP contribution is 2.11. The second kappa shape index (κ2) is 7.10. The molecule has 0 amide bonds. The molecule has 0 saturated heterocycles. The Morgan fingerprint density at radius 3 is 2.92 bits per heavy atom. The molecule has 1 nitrogen and oxygen atoms in total. The Hall–Kier alpha value is -0.340. The van der Waals surface area contributed by atoms with Crippen LogP contribution in [0.3, 0.4) is 0 Å². The Labute approximate surface area is 85.2 Å². The molecule has 2 heteroatoms. The van der Waals surface area contributed by atoms with Gasteiger partial charge >= 0.3 is 0 Å². The molecule has 1 aromatic rings. The second-order valence-electron chi connectivity index (χ2n) is 3.29. The average Bonchev–Trinajstić information content (AvgIpc) is 2.63. The number of rotatable bonds is 7. The summed E-state index contributed by atoms with van der Waals surface area (Å²) in [6, 6.07) is 4.36. The van der Waals surface area contributed by atoms with Crippen molar-refractivity contribution in [2.75, 3.05) is 13.1 Å². The third-order valence-electron chi connectivity index (χ3n) is 2.03. The summed E-state index contributed by atoms with van der Waals surface area (Å²) < 4.78 is 0. The molecule has 0 spiro atoms. The van der Waals surface area contributed by atoms with E-state index in [9.17, 15) is 0 Å². The summed E-state index contributed by atoms with van der Waals surface area (Å²) in [5.41, 5.74) is 0. The molecule has 1 heterocycles. The standard InChI is InChI=1S/C11H19NS/c1-2-8-12-9-4-3-6-11-7-5-10-13-11/h5,7,10,12H,2-4,6,8-9H2,1H3. The Morgan fingerprint density at radius 2 is 2.23 bits per heavy atom. The van der Waals surface area contributed by atoms with E-state index in [1.807, 2.05) is 11.3 Å². The molecule has 13 heavy (non-hydrogen) atoms. The summed E-state index contributed by atoms with van der Waals surface area (Å²) in [7, 11) is 0. The topological polar surface area (TPSA) is 12.0 Å². The van der Waals surface area contributed by atoms with Crippen LogP contribution in [-0.2, 0) is 6.42 Å². The van der Waals surface area contributed by atoms with Crippen LogP contribution in [-0.4, -0.2) is 13.1 Å². The molecule has 0 bridgehead atoms. The lowest BCUT2D eigenvalue weighted by Gasteiger charge is -2.01. The van der Waals surface area contributed by atoms with E-state index in [4.69, 9.17) is 0 Å². The number of nitrogens with one attached hydrogen (secondary N) is 1. The fourth-order valence-corrected chi connectivity index (χ4v) is 2.06. The van der Waals surface area contributed by atoms with E-state index < -0.39 is 0 Å². The molecule has 0 atom stereocenters. The second-order valence-corrected chi connectivity index (χ2v) is 4.32. The predicted octanol–water partition coefficient (Wildman–Crippen LogP) is 3.07. The Kier molecular flexibility index (Phi) is 5.87. The van der Waals surface area contributed by atoms with Gasteiger partial charge in [-0.05, 0) is 50.2 Å². The van der Waals surface area contributed by atoms with E-state index in [2.05, 4.69) is 29.8 Å². The van der Waals surface area contributed by atoms with Gasteiger partial charge in [-0.15, -0.1) is 11.3 Å². The van der Waals surface area contributed by atoms with E-state index in [0.717, 1.165) is 0 Å². The van der Waals surface area contributed by atoms with E-state index in [1.165, 1.54) is 43.6 Å². The van der Waals surface area contributed by atoms with Crippen molar-refractivity contribution in [3.63, 3.8) is 0 Å². The van der Waals surface area contributed by atoms with Crippen molar-refractivity contribution in [3.05, 3.63) is 22.4 Å². The maximum Gasteiger partial charge on any atom is 0.00452 e. The van der Waals surface area contributed by atoms with Gasteiger partial charge in [0.05, 0.1) is 0 Å². The maximum absolute atomic E-state index is 3.42. The summed E-state index contributed by atoms with van der Waals surface area (Å²) in [5, 5.41) is 5.58. The van der Waals surface area contributed by atoms with Gasteiger partial charge in [-0.25, -0.2) is 0 Å². The summed E-state index contributed by atoms with van der Waals surface area (Å²) in [4.78, 5) is 1.52. The molecule has 74 valence electrons. The van der Waals surface area contributed by atoms with Crippen molar-refractivity contribution >= 4 is 11.3 Å². The highest BCUT2D eigenvalue weighted by Gasteiger charge is 1.93. The fraction of sp³-hybridized carbons (Fsp3) is 0.636. The summed E-state index contributed by atoms with van der Waals surface area (Å²) in [6.45, 7) is 4.55. The molecule has 0 fully saturated rings. The summed E-state index contributed by atoms with van der Waals surface area (Å²) >= 11 is 1.87. The van der Waals surface area contributed by atoms with Gasteiger partial charge in [-0.2, -0.15) is 0 Å². The number of thiophene rings is 1. The molecule has 0 unspecified atom stereocenters. The number of hydrogen-bond acceptors (Lipinski definition) is 2. The van der Waals surface area contributed by atoms with Crippen LogP contribution in [0.4, 0.5) is 0 Å². The fourth-order valence-electron chi connectivity index (χ4n) is 1.31. The Bertz CT molecular complexity index is 194. The van der Waals surface area contributed by atoms with Crippen molar-refractivity contribution < 1.29 is 0 Å². The highest BCUT2D eigenvalue weighted by atomic mass is 32.1. The van der Waals surface area contributed by atoms with Crippen LogP contribution in [0.25, 0.3) is 0 Å². The smallest absolute Gasteiger partial charge is 0.00452 e. The lowest BCUT2D eigenvalue weighted by molar-refractivity contribution is 0.618. The molecule has 1 N–H and O–H groups in total. The van der Waals surface area contributed by atoms with Gasteiger partial charge in [-0.3, -0.25) is 0 Å². The summed E-state index contributed by atoms with van der Waals surface area (Å²) in [6.07, 6.45) is 5.12. The van der Waals surface area contributed by atoms with Gasteiger partial charge < -0.3 is 5.32 Å². The first-order chi connectivity index (χ1) is 6.43. The van der Waals surface area contributed by atoms with Crippen molar-refractivity contribution in [3.8, 4) is 0 Å². The number of hydrogen-bond donors (Lipinski definition) is 1. The third kappa shape index (κ3) is 5.06. The SMILES string of the molecule is CCCNCCCCc1cccs1. The van der Waals surface area contributed by atoms with Crippen molar-refractivity contribution in [2.45, 2.75) is 32.6 Å². The predicted molar refractivity (Wildman–Crippen MR) is 60.4 cm³/mol. The van der Waals surface area contributed by atoms with Crippen LogP contribution in [0.2, 0.25) is 0 Å². The van der Waals surface area contributed by atoms with Gasteiger partial charge in [0.15, 0.2) is 0 Å². The average molecular weight is 197 g/mol. The van der Waals surface area contributed by atoms with Gasteiger partial charge in [0.2, 0.25) is 0 Å². The number of aryl methyl sites for hydroxylation is 1. The lowest BCUT2D eigenvalue weighted by atomic mass is 10.2. The van der Waals surface area contributed by atoms with Crippen molar-refractivity contribution in [1.82, 2.24) is 5.32 Å². The maximum atomic E-state index is 3.42. The molecular weight excluding hydrogens is 178 g/mol. The zero-order valence-corrected chi connectivity index (χ0v) is 9.20. The highest BCUT2D eigenvalue weighted by molar-refractivity contribution is 7.09. The Balaban J connectivity index is 1.90. The lowest BCUT2D eigenvalue weighted by Crippen LogP contribution is -2.15. The van der Waals surface area contributed by atoms with Crippen LogP contribution < -0.4 is 5.32 Å². The van der Waals surface area contributed by atoms with E-state index in [0.29, 0.717) is 0 Å². The van der Waals surface area contributed by atoms with Crippen LogP contribution in [0.15, 0.2) is 17.5 Å². The number of unbranched alkanes of at least 4 members (excludes halogenated alkanes) is 1. The normalized spacial score (nSPS) is 10.5. The van der Waals surface area contributed by atoms with Crippen molar-refractivity contribution in [1.29, 1.82) is 0 Å². The first kappa shape index (κ1) is 10.7. The molecule has 0 aliphatic heterocycles. The minimum Gasteiger partial charge on any atom is -0.317 e. The monoisotopic (exact) mass is 197 g/mol. The zero-order chi connectivity index (χ0) is 9.36. The minimum absolute atomic E-state index is 1.17. The van der Waals surface area contributed by atoms with Gasteiger partial charge in [0.1, 0.15) is 0 Å². The molecule has 0 radical (unpaired) electrons. The van der Waals surface area contributed by atoms with Crippen molar-refractivity contribution in [2.24, 2.45) is 0 Å². The molecule has 0 aliphatic carbocycles.